The van der Waals surface area contributed by atoms with E-state index in [9.17, 15) is 18.4 Å². The zero-order valence-electron chi connectivity index (χ0n) is 8.98. The zero-order valence-corrected chi connectivity index (χ0v) is 8.98. The highest BCUT2D eigenvalue weighted by Crippen LogP contribution is 2.31. The van der Waals surface area contributed by atoms with E-state index in [2.05, 4.69) is 4.74 Å². The fraction of sp³-hybridized carbons (Fsp3) is 0.273. The Morgan fingerprint density at radius 3 is 2.47 bits per heavy atom. The summed E-state index contributed by atoms with van der Waals surface area (Å²) in [7, 11) is 0. The third-order valence-electron chi connectivity index (χ3n) is 1.94. The van der Waals surface area contributed by atoms with E-state index in [4.69, 9.17) is 4.74 Å². The number of carbonyl (C=O) groups is 2. The molecule has 6 heteroatoms. The molecule has 0 fully saturated rings. The Labute approximate surface area is 96.1 Å². The summed E-state index contributed by atoms with van der Waals surface area (Å²) in [5, 5.41) is 0. The number of hydrogen-bond donors (Lipinski definition) is 0. The van der Waals surface area contributed by atoms with Crippen LogP contribution in [-0.4, -0.2) is 25.8 Å². The van der Waals surface area contributed by atoms with Gasteiger partial charge in [0.25, 0.3) is 0 Å². The molecule has 0 spiro atoms. The third-order valence-corrected chi connectivity index (χ3v) is 1.94. The van der Waals surface area contributed by atoms with Crippen LogP contribution < -0.4 is 9.47 Å². The quantitative estimate of drug-likeness (QED) is 0.720. The predicted molar refractivity (Wildman–Crippen MR) is 55.0 cm³/mol. The van der Waals surface area contributed by atoms with Gasteiger partial charge in [-0.1, -0.05) is 0 Å². The second-order valence-corrected chi connectivity index (χ2v) is 2.94. The van der Waals surface area contributed by atoms with Gasteiger partial charge in [-0.3, -0.25) is 9.59 Å². The lowest BCUT2D eigenvalue weighted by molar-refractivity contribution is -0.0501. The van der Waals surface area contributed by atoms with Gasteiger partial charge < -0.3 is 9.47 Å². The molecule has 0 N–H and O–H groups in total. The topological polar surface area (TPSA) is 52.6 Å². The molecule has 0 saturated carbocycles. The van der Waals surface area contributed by atoms with Crippen molar-refractivity contribution in [1.29, 1.82) is 0 Å². The minimum absolute atomic E-state index is 0.0457. The van der Waals surface area contributed by atoms with E-state index in [-0.39, 0.29) is 29.2 Å². The highest BCUT2D eigenvalue weighted by molar-refractivity contribution is 5.91. The summed E-state index contributed by atoms with van der Waals surface area (Å²) in [6, 6.07) is 2.38. The Bertz CT molecular complexity index is 418. The Morgan fingerprint density at radius 1 is 1.29 bits per heavy atom. The van der Waals surface area contributed by atoms with Crippen molar-refractivity contribution in [2.24, 2.45) is 0 Å². The lowest BCUT2D eigenvalue weighted by Gasteiger charge is -2.13. The van der Waals surface area contributed by atoms with E-state index in [1.54, 1.807) is 6.92 Å². The summed E-state index contributed by atoms with van der Waals surface area (Å²) in [6.45, 7) is -1.21. The first-order chi connectivity index (χ1) is 8.13. The van der Waals surface area contributed by atoms with E-state index in [0.717, 1.165) is 6.07 Å². The lowest BCUT2D eigenvalue weighted by atomic mass is 10.1. The maximum Gasteiger partial charge on any atom is 0.387 e. The summed E-state index contributed by atoms with van der Waals surface area (Å²) in [5.41, 5.74) is -0.0904. The first kappa shape index (κ1) is 13.1. The van der Waals surface area contributed by atoms with Crippen LogP contribution in [0, 0.1) is 0 Å². The Kier molecular flexibility index (Phi) is 4.56. The van der Waals surface area contributed by atoms with E-state index in [1.807, 2.05) is 0 Å². The lowest BCUT2D eigenvalue weighted by Crippen LogP contribution is -2.07. The normalized spacial score (nSPS) is 10.1. The fourth-order valence-electron chi connectivity index (χ4n) is 1.31. The van der Waals surface area contributed by atoms with Crippen LogP contribution in [0.2, 0.25) is 0 Å². The Balaban J connectivity index is 3.29. The maximum atomic E-state index is 12.1. The molecule has 0 aliphatic carbocycles. The van der Waals surface area contributed by atoms with Gasteiger partial charge >= 0.3 is 6.61 Å². The number of rotatable bonds is 6. The molecule has 92 valence electrons. The molecule has 0 atom stereocenters. The van der Waals surface area contributed by atoms with Gasteiger partial charge in [0.15, 0.2) is 12.6 Å². The van der Waals surface area contributed by atoms with Gasteiger partial charge in [-0.25, -0.2) is 0 Å². The zero-order chi connectivity index (χ0) is 12.8. The van der Waals surface area contributed by atoms with Crippen LogP contribution in [0.25, 0.3) is 0 Å². The number of carbonyl (C=O) groups excluding carboxylic acids is 2. The summed E-state index contributed by atoms with van der Waals surface area (Å²) < 4.78 is 33.4. The SMILES string of the molecule is CCOc1c(C=O)ccc(OC(F)F)c1C=O. The van der Waals surface area contributed by atoms with Crippen molar-refractivity contribution in [2.45, 2.75) is 13.5 Å². The molecule has 4 nitrogen and oxygen atoms in total. The number of halogens is 2. The maximum absolute atomic E-state index is 12.1. The first-order valence-electron chi connectivity index (χ1n) is 4.79. The van der Waals surface area contributed by atoms with E-state index in [0.29, 0.717) is 12.6 Å². The highest BCUT2D eigenvalue weighted by atomic mass is 19.3. The molecule has 0 aliphatic rings. The van der Waals surface area contributed by atoms with Crippen LogP contribution in [0.15, 0.2) is 12.1 Å². The van der Waals surface area contributed by atoms with Gasteiger partial charge in [0, 0.05) is 0 Å². The molecule has 1 aromatic carbocycles. The molecular weight excluding hydrogens is 234 g/mol. The van der Waals surface area contributed by atoms with Crippen LogP contribution >= 0.6 is 0 Å². The van der Waals surface area contributed by atoms with Crippen LogP contribution in [-0.2, 0) is 0 Å². The van der Waals surface area contributed by atoms with Crippen molar-refractivity contribution in [3.05, 3.63) is 23.3 Å². The molecule has 0 radical (unpaired) electrons. The van der Waals surface area contributed by atoms with Gasteiger partial charge in [-0.05, 0) is 19.1 Å². The molecule has 0 aromatic heterocycles. The van der Waals surface area contributed by atoms with Gasteiger partial charge in [0.1, 0.15) is 11.5 Å². The van der Waals surface area contributed by atoms with Gasteiger partial charge in [0.2, 0.25) is 0 Å². The molecule has 0 heterocycles. The molecule has 0 saturated heterocycles. The van der Waals surface area contributed by atoms with Crippen LogP contribution in [0.5, 0.6) is 11.5 Å². The predicted octanol–water partition coefficient (Wildman–Crippen LogP) is 2.31. The minimum atomic E-state index is -3.05. The van der Waals surface area contributed by atoms with Gasteiger partial charge in [-0.15, -0.1) is 0 Å². The number of hydrogen-bond acceptors (Lipinski definition) is 4. The van der Waals surface area contributed by atoms with Crippen molar-refractivity contribution < 1.29 is 27.8 Å². The summed E-state index contributed by atoms with van der Waals surface area (Å²) in [5.74, 6) is -0.361. The second-order valence-electron chi connectivity index (χ2n) is 2.94. The van der Waals surface area contributed by atoms with Crippen molar-refractivity contribution in [3.63, 3.8) is 0 Å². The molecule has 0 bridgehead atoms. The number of benzene rings is 1. The second kappa shape index (κ2) is 5.93. The molecule has 0 unspecified atom stereocenters. The van der Waals surface area contributed by atoms with Crippen LogP contribution in [0.1, 0.15) is 27.6 Å². The largest absolute Gasteiger partial charge is 0.492 e. The molecule has 1 aromatic rings. The Morgan fingerprint density at radius 2 is 2.00 bits per heavy atom. The molecular formula is C11H10F2O4. The van der Waals surface area contributed by atoms with Crippen molar-refractivity contribution >= 4 is 12.6 Å². The van der Waals surface area contributed by atoms with E-state index in [1.165, 1.54) is 6.07 Å². The average Bonchev–Trinajstić information content (AvgIpc) is 2.29. The first-order valence-corrected chi connectivity index (χ1v) is 4.79. The average molecular weight is 244 g/mol. The molecule has 0 aliphatic heterocycles. The summed E-state index contributed by atoms with van der Waals surface area (Å²) in [4.78, 5) is 21.6. The molecule has 17 heavy (non-hydrogen) atoms. The van der Waals surface area contributed by atoms with Gasteiger partial charge in [-0.2, -0.15) is 8.78 Å². The number of aldehydes is 2. The molecule has 0 amide bonds. The van der Waals surface area contributed by atoms with E-state index < -0.39 is 6.61 Å². The van der Waals surface area contributed by atoms with E-state index >= 15 is 0 Å². The Hall–Kier alpha value is -1.98. The molecule has 1 rings (SSSR count). The highest BCUT2D eigenvalue weighted by Gasteiger charge is 2.17. The van der Waals surface area contributed by atoms with Crippen molar-refractivity contribution in [3.8, 4) is 11.5 Å². The smallest absolute Gasteiger partial charge is 0.387 e. The number of ether oxygens (including phenoxy) is 2. The monoisotopic (exact) mass is 244 g/mol. The summed E-state index contributed by atoms with van der Waals surface area (Å²) >= 11 is 0. The fourth-order valence-corrected chi connectivity index (χ4v) is 1.31. The minimum Gasteiger partial charge on any atom is -0.492 e. The van der Waals surface area contributed by atoms with Crippen molar-refractivity contribution in [2.75, 3.05) is 6.61 Å². The third kappa shape index (κ3) is 2.99. The van der Waals surface area contributed by atoms with Crippen molar-refractivity contribution in [1.82, 2.24) is 0 Å². The number of alkyl halides is 2. The summed E-state index contributed by atoms with van der Waals surface area (Å²) in [6.07, 6.45) is 0.792. The van der Waals surface area contributed by atoms with Crippen LogP contribution in [0.3, 0.4) is 0 Å². The van der Waals surface area contributed by atoms with Crippen LogP contribution in [0.4, 0.5) is 8.78 Å². The standard InChI is InChI=1S/C11H10F2O4/c1-2-16-10-7(5-14)3-4-9(8(10)6-15)17-11(12)13/h3-6,11H,2H2,1H3. The van der Waals surface area contributed by atoms with Gasteiger partial charge in [0.05, 0.1) is 17.7 Å².